The summed E-state index contributed by atoms with van der Waals surface area (Å²) in [6.45, 7) is 8.06. The van der Waals surface area contributed by atoms with E-state index in [9.17, 15) is 0 Å². The van der Waals surface area contributed by atoms with Crippen LogP contribution in [0, 0.1) is 5.92 Å². The van der Waals surface area contributed by atoms with Crippen LogP contribution in [0.15, 0.2) is 18.2 Å². The molecule has 134 valence electrons. The summed E-state index contributed by atoms with van der Waals surface area (Å²) in [6, 6.07) is 6.98. The first-order chi connectivity index (χ1) is 11.7. The minimum atomic E-state index is 0.812. The van der Waals surface area contributed by atoms with Crippen molar-refractivity contribution in [1.82, 2.24) is 9.80 Å². The van der Waals surface area contributed by atoms with Gasteiger partial charge >= 0.3 is 0 Å². The van der Waals surface area contributed by atoms with E-state index in [-0.39, 0.29) is 0 Å². The second-order valence-electron chi connectivity index (χ2n) is 7.29. The van der Waals surface area contributed by atoms with E-state index in [2.05, 4.69) is 28.9 Å². The number of rotatable bonds is 5. The van der Waals surface area contributed by atoms with Crippen molar-refractivity contribution in [3.63, 3.8) is 0 Å². The van der Waals surface area contributed by atoms with Gasteiger partial charge in [-0.2, -0.15) is 0 Å². The lowest BCUT2D eigenvalue weighted by Gasteiger charge is -2.43. The molecule has 0 aromatic heterocycles. The molecule has 1 aliphatic heterocycles. The average molecular weight is 332 g/mol. The van der Waals surface area contributed by atoms with Gasteiger partial charge in [0.1, 0.15) is 0 Å². The van der Waals surface area contributed by atoms with E-state index in [0.717, 1.165) is 43.1 Å². The number of nitrogens with zero attached hydrogens (tertiary/aromatic N) is 2. The van der Waals surface area contributed by atoms with Crippen molar-refractivity contribution in [2.45, 2.75) is 45.2 Å². The first-order valence-electron chi connectivity index (χ1n) is 9.39. The summed E-state index contributed by atoms with van der Waals surface area (Å²) in [6.07, 6.45) is 5.64. The fraction of sp³-hybridized carbons (Fsp3) is 0.700. The van der Waals surface area contributed by atoms with Gasteiger partial charge in [-0.25, -0.2) is 0 Å². The molecule has 1 heterocycles. The van der Waals surface area contributed by atoms with Crippen LogP contribution in [-0.2, 0) is 6.54 Å². The normalized spacial score (nSPS) is 26.3. The molecule has 24 heavy (non-hydrogen) atoms. The highest BCUT2D eigenvalue weighted by Gasteiger charge is 2.29. The summed E-state index contributed by atoms with van der Waals surface area (Å²) >= 11 is 0. The standard InChI is InChI=1S/C20H32N2O2/c1-16-7-4-5-9-18(16)22-13-11-21(12-14-22)15-17-8-6-10-19(23-2)20(17)24-3/h6,8,10,16,18H,4-5,7,9,11-15H2,1-3H3/t16-,18+/m1/s1. The minimum absolute atomic E-state index is 0.812. The van der Waals surface area contributed by atoms with Gasteiger partial charge in [0.25, 0.3) is 0 Å². The Labute approximate surface area is 146 Å². The van der Waals surface area contributed by atoms with Gasteiger partial charge in [0.05, 0.1) is 14.2 Å². The second kappa shape index (κ2) is 8.21. The highest BCUT2D eigenvalue weighted by atomic mass is 16.5. The van der Waals surface area contributed by atoms with Crippen molar-refractivity contribution >= 4 is 0 Å². The molecular weight excluding hydrogens is 300 g/mol. The fourth-order valence-electron chi connectivity index (χ4n) is 4.41. The van der Waals surface area contributed by atoms with Gasteiger partial charge in [0, 0.05) is 44.3 Å². The Kier molecular flexibility index (Phi) is 6.01. The molecule has 2 fully saturated rings. The first-order valence-corrected chi connectivity index (χ1v) is 9.39. The van der Waals surface area contributed by atoms with Crippen molar-refractivity contribution in [1.29, 1.82) is 0 Å². The number of hydrogen-bond donors (Lipinski definition) is 0. The summed E-state index contributed by atoms with van der Waals surface area (Å²) in [5, 5.41) is 0. The Balaban J connectivity index is 1.58. The topological polar surface area (TPSA) is 24.9 Å². The number of piperazine rings is 1. The zero-order valence-electron chi connectivity index (χ0n) is 15.5. The van der Waals surface area contributed by atoms with E-state index in [0.29, 0.717) is 0 Å². The molecule has 1 aliphatic carbocycles. The van der Waals surface area contributed by atoms with Crippen molar-refractivity contribution in [2.75, 3.05) is 40.4 Å². The maximum atomic E-state index is 5.58. The molecular formula is C20H32N2O2. The number of methoxy groups -OCH3 is 2. The molecule has 4 heteroatoms. The maximum Gasteiger partial charge on any atom is 0.165 e. The lowest BCUT2D eigenvalue weighted by Crippen LogP contribution is -2.52. The molecule has 1 saturated carbocycles. The van der Waals surface area contributed by atoms with E-state index >= 15 is 0 Å². The smallest absolute Gasteiger partial charge is 0.165 e. The molecule has 1 saturated heterocycles. The molecule has 0 bridgehead atoms. The summed E-state index contributed by atoms with van der Waals surface area (Å²) in [7, 11) is 3.43. The number of benzene rings is 1. The van der Waals surface area contributed by atoms with E-state index in [1.807, 2.05) is 6.07 Å². The third-order valence-corrected chi connectivity index (χ3v) is 5.82. The predicted molar refractivity (Wildman–Crippen MR) is 97.8 cm³/mol. The first kappa shape index (κ1) is 17.6. The van der Waals surface area contributed by atoms with Gasteiger partial charge in [0.2, 0.25) is 0 Å². The van der Waals surface area contributed by atoms with Gasteiger partial charge in [0.15, 0.2) is 11.5 Å². The van der Waals surface area contributed by atoms with Crippen LogP contribution in [0.25, 0.3) is 0 Å². The monoisotopic (exact) mass is 332 g/mol. The maximum absolute atomic E-state index is 5.58. The van der Waals surface area contributed by atoms with Gasteiger partial charge < -0.3 is 9.47 Å². The molecule has 3 rings (SSSR count). The van der Waals surface area contributed by atoms with Crippen LogP contribution in [-0.4, -0.2) is 56.2 Å². The minimum Gasteiger partial charge on any atom is -0.493 e. The molecule has 0 amide bonds. The van der Waals surface area contributed by atoms with Crippen molar-refractivity contribution in [2.24, 2.45) is 5.92 Å². The van der Waals surface area contributed by atoms with Crippen LogP contribution in [0.4, 0.5) is 0 Å². The van der Waals surface area contributed by atoms with Crippen molar-refractivity contribution < 1.29 is 9.47 Å². The number of ether oxygens (including phenoxy) is 2. The zero-order valence-corrected chi connectivity index (χ0v) is 15.5. The lowest BCUT2D eigenvalue weighted by atomic mass is 9.84. The third-order valence-electron chi connectivity index (χ3n) is 5.82. The Morgan fingerprint density at radius 1 is 1.00 bits per heavy atom. The molecule has 4 nitrogen and oxygen atoms in total. The van der Waals surface area contributed by atoms with E-state index in [1.54, 1.807) is 14.2 Å². The van der Waals surface area contributed by atoms with Gasteiger partial charge in [-0.15, -0.1) is 0 Å². The Morgan fingerprint density at radius 2 is 1.75 bits per heavy atom. The summed E-state index contributed by atoms with van der Waals surface area (Å²) < 4.78 is 11.0. The molecule has 0 N–H and O–H groups in total. The van der Waals surface area contributed by atoms with Crippen LogP contribution in [0.1, 0.15) is 38.2 Å². The lowest BCUT2D eigenvalue weighted by molar-refractivity contribution is 0.0515. The van der Waals surface area contributed by atoms with Crippen molar-refractivity contribution in [3.05, 3.63) is 23.8 Å². The SMILES string of the molecule is COc1cccc(CN2CCN([C@H]3CCCC[C@H]3C)CC2)c1OC. The molecule has 2 aliphatic rings. The number of hydrogen-bond acceptors (Lipinski definition) is 4. The van der Waals surface area contributed by atoms with Crippen LogP contribution in [0.5, 0.6) is 11.5 Å². The largest absolute Gasteiger partial charge is 0.493 e. The molecule has 1 aromatic carbocycles. The van der Waals surface area contributed by atoms with E-state index in [1.165, 1.54) is 44.3 Å². The third kappa shape index (κ3) is 3.86. The van der Waals surface area contributed by atoms with Gasteiger partial charge in [-0.05, 0) is 24.8 Å². The zero-order chi connectivity index (χ0) is 16.9. The van der Waals surface area contributed by atoms with Gasteiger partial charge in [-0.1, -0.05) is 31.9 Å². The van der Waals surface area contributed by atoms with Crippen LogP contribution in [0.2, 0.25) is 0 Å². The summed E-state index contributed by atoms with van der Waals surface area (Å²) in [5.74, 6) is 2.57. The molecule has 0 unspecified atom stereocenters. The highest BCUT2D eigenvalue weighted by molar-refractivity contribution is 5.46. The molecule has 0 spiro atoms. The quantitative estimate of drug-likeness (QED) is 0.825. The molecule has 2 atom stereocenters. The Bertz CT molecular complexity index is 526. The van der Waals surface area contributed by atoms with Crippen LogP contribution >= 0.6 is 0 Å². The van der Waals surface area contributed by atoms with Crippen molar-refractivity contribution in [3.8, 4) is 11.5 Å². The Hall–Kier alpha value is -1.26. The second-order valence-corrected chi connectivity index (χ2v) is 7.29. The highest BCUT2D eigenvalue weighted by Crippen LogP contribution is 2.32. The predicted octanol–water partition coefficient (Wildman–Crippen LogP) is 3.40. The van der Waals surface area contributed by atoms with E-state index in [4.69, 9.17) is 9.47 Å². The molecule has 1 aromatic rings. The van der Waals surface area contributed by atoms with Crippen LogP contribution < -0.4 is 9.47 Å². The van der Waals surface area contributed by atoms with Crippen LogP contribution in [0.3, 0.4) is 0 Å². The summed E-state index contributed by atoms with van der Waals surface area (Å²) in [4.78, 5) is 5.28. The Morgan fingerprint density at radius 3 is 2.42 bits per heavy atom. The number of para-hydroxylation sites is 1. The molecule has 0 radical (unpaired) electrons. The summed E-state index contributed by atoms with van der Waals surface area (Å²) in [5.41, 5.74) is 1.22. The average Bonchev–Trinajstić information content (AvgIpc) is 2.62. The fourth-order valence-corrected chi connectivity index (χ4v) is 4.41. The van der Waals surface area contributed by atoms with Gasteiger partial charge in [-0.3, -0.25) is 9.80 Å². The van der Waals surface area contributed by atoms with E-state index < -0.39 is 0 Å².